The standard InChI is InChI=1S/C10H20N2O2/c1-8(2)12-10(14)5-4-6-11(12)7-9(3)13/h8-9,13H,4-7H2,1-3H3. The molecule has 0 saturated carbocycles. The molecule has 1 N–H and O–H groups in total. The Balaban J connectivity index is 2.65. The van der Waals surface area contributed by atoms with Crippen LogP contribution in [0.5, 0.6) is 0 Å². The van der Waals surface area contributed by atoms with Crippen molar-refractivity contribution in [2.45, 2.75) is 45.8 Å². The molecule has 1 aliphatic heterocycles. The van der Waals surface area contributed by atoms with Gasteiger partial charge in [-0.1, -0.05) is 0 Å². The lowest BCUT2D eigenvalue weighted by Crippen LogP contribution is -2.55. The van der Waals surface area contributed by atoms with Gasteiger partial charge in [0.05, 0.1) is 6.10 Å². The Labute approximate surface area is 85.5 Å². The van der Waals surface area contributed by atoms with E-state index in [4.69, 9.17) is 0 Å². The first-order valence-electron chi connectivity index (χ1n) is 5.27. The largest absolute Gasteiger partial charge is 0.392 e. The van der Waals surface area contributed by atoms with Gasteiger partial charge in [-0.2, -0.15) is 0 Å². The van der Waals surface area contributed by atoms with Crippen LogP contribution in [0.2, 0.25) is 0 Å². The molecular weight excluding hydrogens is 180 g/mol. The minimum atomic E-state index is -0.387. The van der Waals surface area contributed by atoms with Crippen molar-refractivity contribution in [3.05, 3.63) is 0 Å². The zero-order chi connectivity index (χ0) is 10.7. The molecule has 0 aliphatic carbocycles. The van der Waals surface area contributed by atoms with Crippen molar-refractivity contribution in [3.8, 4) is 0 Å². The third-order valence-electron chi connectivity index (χ3n) is 2.33. The lowest BCUT2D eigenvalue weighted by molar-refractivity contribution is -0.163. The van der Waals surface area contributed by atoms with E-state index in [9.17, 15) is 9.90 Å². The molecule has 14 heavy (non-hydrogen) atoms. The highest BCUT2D eigenvalue weighted by Crippen LogP contribution is 2.15. The summed E-state index contributed by atoms with van der Waals surface area (Å²) in [5, 5.41) is 13.0. The molecular formula is C10H20N2O2. The summed E-state index contributed by atoms with van der Waals surface area (Å²) in [5.74, 6) is 0.173. The van der Waals surface area contributed by atoms with E-state index in [-0.39, 0.29) is 18.1 Å². The normalized spacial score (nSPS) is 21.8. The van der Waals surface area contributed by atoms with E-state index < -0.39 is 0 Å². The van der Waals surface area contributed by atoms with E-state index in [1.165, 1.54) is 0 Å². The first-order chi connectivity index (χ1) is 6.52. The minimum absolute atomic E-state index is 0.173. The summed E-state index contributed by atoms with van der Waals surface area (Å²) in [4.78, 5) is 11.6. The second-order valence-corrected chi connectivity index (χ2v) is 4.20. The van der Waals surface area contributed by atoms with E-state index in [2.05, 4.69) is 0 Å². The highest BCUT2D eigenvalue weighted by Gasteiger charge is 2.28. The molecule has 1 saturated heterocycles. The van der Waals surface area contributed by atoms with Crippen LogP contribution in [0.4, 0.5) is 0 Å². The maximum absolute atomic E-state index is 11.6. The van der Waals surface area contributed by atoms with Crippen molar-refractivity contribution in [1.29, 1.82) is 0 Å². The number of aliphatic hydroxyl groups is 1. The fourth-order valence-electron chi connectivity index (χ4n) is 1.89. The van der Waals surface area contributed by atoms with Crippen molar-refractivity contribution in [2.75, 3.05) is 13.1 Å². The zero-order valence-corrected chi connectivity index (χ0v) is 9.23. The Morgan fingerprint density at radius 3 is 2.57 bits per heavy atom. The second kappa shape index (κ2) is 4.75. The number of amides is 1. The maximum Gasteiger partial charge on any atom is 0.237 e. The van der Waals surface area contributed by atoms with Crippen LogP contribution in [0.1, 0.15) is 33.6 Å². The predicted octanol–water partition coefficient (Wildman–Crippen LogP) is 0.615. The minimum Gasteiger partial charge on any atom is -0.392 e. The molecule has 1 aliphatic rings. The van der Waals surface area contributed by atoms with Gasteiger partial charge < -0.3 is 5.11 Å². The van der Waals surface area contributed by atoms with Crippen LogP contribution in [0, 0.1) is 0 Å². The van der Waals surface area contributed by atoms with E-state index in [1.54, 1.807) is 11.9 Å². The smallest absolute Gasteiger partial charge is 0.237 e. The molecule has 0 bridgehead atoms. The molecule has 1 fully saturated rings. The first-order valence-corrected chi connectivity index (χ1v) is 5.27. The number of carbonyl (C=O) groups is 1. The van der Waals surface area contributed by atoms with E-state index >= 15 is 0 Å². The summed E-state index contributed by atoms with van der Waals surface area (Å²) in [6.07, 6.45) is 1.14. The number of hydrogen-bond acceptors (Lipinski definition) is 3. The van der Waals surface area contributed by atoms with Crippen LogP contribution >= 0.6 is 0 Å². The Hall–Kier alpha value is -0.610. The average Bonchev–Trinajstić information content (AvgIpc) is 2.01. The highest BCUT2D eigenvalue weighted by molar-refractivity contribution is 5.76. The van der Waals surface area contributed by atoms with Crippen molar-refractivity contribution in [2.24, 2.45) is 0 Å². The number of aliphatic hydroxyl groups excluding tert-OH is 1. The quantitative estimate of drug-likeness (QED) is 0.726. The van der Waals surface area contributed by atoms with Gasteiger partial charge in [0.2, 0.25) is 5.91 Å². The van der Waals surface area contributed by atoms with Crippen molar-refractivity contribution in [3.63, 3.8) is 0 Å². The molecule has 0 spiro atoms. The fourth-order valence-corrected chi connectivity index (χ4v) is 1.89. The Bertz CT molecular complexity index is 204. The Morgan fingerprint density at radius 1 is 1.43 bits per heavy atom. The molecule has 1 unspecified atom stereocenters. The molecule has 0 aromatic rings. The summed E-state index contributed by atoms with van der Waals surface area (Å²) in [5.41, 5.74) is 0. The van der Waals surface area contributed by atoms with Crippen LogP contribution < -0.4 is 0 Å². The van der Waals surface area contributed by atoms with Crippen LogP contribution in [0.25, 0.3) is 0 Å². The summed E-state index contributed by atoms with van der Waals surface area (Å²) in [7, 11) is 0. The van der Waals surface area contributed by atoms with E-state index in [0.29, 0.717) is 13.0 Å². The van der Waals surface area contributed by atoms with Gasteiger partial charge in [-0.3, -0.25) is 9.80 Å². The lowest BCUT2D eigenvalue weighted by atomic mass is 10.2. The summed E-state index contributed by atoms with van der Waals surface area (Å²) in [6.45, 7) is 7.16. The van der Waals surface area contributed by atoms with Gasteiger partial charge in [0.1, 0.15) is 0 Å². The third-order valence-corrected chi connectivity index (χ3v) is 2.33. The number of carbonyl (C=O) groups excluding carboxylic acids is 1. The van der Waals surface area contributed by atoms with Crippen LogP contribution in [0.3, 0.4) is 0 Å². The van der Waals surface area contributed by atoms with Gasteiger partial charge in [-0.15, -0.1) is 0 Å². The Kier molecular flexibility index (Phi) is 3.89. The summed E-state index contributed by atoms with van der Waals surface area (Å²) >= 11 is 0. The molecule has 1 atom stereocenters. The summed E-state index contributed by atoms with van der Waals surface area (Å²) in [6, 6.07) is 0.182. The monoisotopic (exact) mass is 200 g/mol. The molecule has 0 aromatic carbocycles. The fraction of sp³-hybridized carbons (Fsp3) is 0.900. The van der Waals surface area contributed by atoms with E-state index in [0.717, 1.165) is 13.0 Å². The average molecular weight is 200 g/mol. The van der Waals surface area contributed by atoms with Crippen molar-refractivity contribution >= 4 is 5.91 Å². The van der Waals surface area contributed by atoms with Crippen LogP contribution in [0.15, 0.2) is 0 Å². The maximum atomic E-state index is 11.6. The number of nitrogens with zero attached hydrogens (tertiary/aromatic N) is 2. The topological polar surface area (TPSA) is 43.8 Å². The number of hydrogen-bond donors (Lipinski definition) is 1. The number of β-amino-alcohol motifs (C(OH)–C–C–N with tert-alkyl or cyclic N) is 1. The van der Waals surface area contributed by atoms with Gasteiger partial charge in [-0.05, 0) is 27.2 Å². The molecule has 0 aromatic heterocycles. The predicted molar refractivity (Wildman–Crippen MR) is 54.5 cm³/mol. The van der Waals surface area contributed by atoms with E-state index in [1.807, 2.05) is 18.9 Å². The molecule has 4 nitrogen and oxygen atoms in total. The van der Waals surface area contributed by atoms with Gasteiger partial charge >= 0.3 is 0 Å². The van der Waals surface area contributed by atoms with Gasteiger partial charge in [0, 0.05) is 25.6 Å². The molecule has 1 rings (SSSR count). The van der Waals surface area contributed by atoms with Crippen molar-refractivity contribution < 1.29 is 9.90 Å². The second-order valence-electron chi connectivity index (χ2n) is 4.20. The molecule has 82 valence electrons. The number of rotatable bonds is 3. The number of hydrazine groups is 1. The van der Waals surface area contributed by atoms with Gasteiger partial charge in [0.15, 0.2) is 0 Å². The molecule has 1 heterocycles. The lowest BCUT2D eigenvalue weighted by Gasteiger charge is -2.41. The van der Waals surface area contributed by atoms with Gasteiger partial charge in [0.25, 0.3) is 0 Å². The van der Waals surface area contributed by atoms with Crippen LogP contribution in [-0.2, 0) is 4.79 Å². The molecule has 4 heteroatoms. The Morgan fingerprint density at radius 2 is 2.07 bits per heavy atom. The zero-order valence-electron chi connectivity index (χ0n) is 9.23. The first kappa shape index (κ1) is 11.5. The molecule has 0 radical (unpaired) electrons. The SMILES string of the molecule is CC(O)CN1CCCC(=O)N1C(C)C. The summed E-state index contributed by atoms with van der Waals surface area (Å²) < 4.78 is 0. The third kappa shape index (κ3) is 2.69. The van der Waals surface area contributed by atoms with Crippen LogP contribution in [-0.4, -0.2) is 46.3 Å². The highest BCUT2D eigenvalue weighted by atomic mass is 16.3. The molecule has 1 amide bonds. The van der Waals surface area contributed by atoms with Crippen molar-refractivity contribution in [1.82, 2.24) is 10.0 Å². The van der Waals surface area contributed by atoms with Gasteiger partial charge in [-0.25, -0.2) is 5.01 Å².